The molecule has 1 unspecified atom stereocenters. The zero-order valence-electron chi connectivity index (χ0n) is 9.56. The van der Waals surface area contributed by atoms with Crippen molar-refractivity contribution in [3.63, 3.8) is 0 Å². The van der Waals surface area contributed by atoms with Crippen molar-refractivity contribution in [3.8, 4) is 0 Å². The Balaban J connectivity index is 1.99. The molecule has 2 rings (SSSR count). The van der Waals surface area contributed by atoms with Crippen LogP contribution in [0.15, 0.2) is 33.9 Å². The smallest absolute Gasteiger partial charge is 0.272 e. The van der Waals surface area contributed by atoms with E-state index in [-0.39, 0.29) is 0 Å². The first-order chi connectivity index (χ1) is 7.79. The van der Waals surface area contributed by atoms with Gasteiger partial charge in [-0.3, -0.25) is 4.72 Å². The van der Waals surface area contributed by atoms with Crippen molar-refractivity contribution in [3.05, 3.63) is 24.3 Å². The van der Waals surface area contributed by atoms with E-state index in [1.807, 2.05) is 24.3 Å². The van der Waals surface area contributed by atoms with E-state index in [0.717, 1.165) is 17.5 Å². The average molecular weight is 236 g/mol. The summed E-state index contributed by atoms with van der Waals surface area (Å²) >= 11 is 1.47. The number of rotatable bonds is 5. The first-order valence-corrected chi connectivity index (χ1v) is 6.39. The van der Waals surface area contributed by atoms with Gasteiger partial charge in [0.2, 0.25) is 0 Å². The van der Waals surface area contributed by atoms with E-state index >= 15 is 0 Å². The first-order valence-electron chi connectivity index (χ1n) is 5.57. The number of para-hydroxylation sites is 2. The lowest BCUT2D eigenvalue weighted by Crippen LogP contribution is -2.18. The fourth-order valence-corrected chi connectivity index (χ4v) is 2.23. The summed E-state index contributed by atoms with van der Waals surface area (Å²) in [5.41, 5.74) is 1.75. The molecular formula is C12H16N2OS. The number of nitrogens with zero attached hydrogens (tertiary/aromatic N) is 1. The molecule has 2 aromatic rings. The third-order valence-corrected chi connectivity index (χ3v) is 3.21. The van der Waals surface area contributed by atoms with Gasteiger partial charge < -0.3 is 4.42 Å². The van der Waals surface area contributed by atoms with Crippen molar-refractivity contribution in [2.75, 3.05) is 0 Å². The van der Waals surface area contributed by atoms with Gasteiger partial charge in [0.25, 0.3) is 5.22 Å². The minimum atomic E-state index is 0.477. The van der Waals surface area contributed by atoms with Crippen LogP contribution < -0.4 is 4.72 Å². The maximum atomic E-state index is 5.59. The number of hydrogen-bond donors (Lipinski definition) is 1. The third-order valence-electron chi connectivity index (χ3n) is 2.34. The van der Waals surface area contributed by atoms with Crippen LogP contribution >= 0.6 is 11.9 Å². The van der Waals surface area contributed by atoms with E-state index in [1.54, 1.807) is 0 Å². The van der Waals surface area contributed by atoms with Crippen LogP contribution in [0.1, 0.15) is 26.7 Å². The Morgan fingerprint density at radius 2 is 2.25 bits per heavy atom. The van der Waals surface area contributed by atoms with Gasteiger partial charge in [0.1, 0.15) is 5.52 Å². The molecule has 1 atom stereocenters. The number of nitrogens with one attached hydrogen (secondary N) is 1. The number of benzene rings is 1. The zero-order chi connectivity index (χ0) is 11.4. The van der Waals surface area contributed by atoms with Crippen LogP contribution in [0.3, 0.4) is 0 Å². The number of fused-ring (bicyclic) bond motifs is 1. The molecule has 3 nitrogen and oxygen atoms in total. The topological polar surface area (TPSA) is 38.1 Å². The van der Waals surface area contributed by atoms with E-state index in [9.17, 15) is 0 Å². The normalized spacial score (nSPS) is 13.1. The molecule has 1 aromatic carbocycles. The van der Waals surface area contributed by atoms with Crippen molar-refractivity contribution in [1.29, 1.82) is 0 Å². The molecule has 0 spiro atoms. The predicted octanol–water partition coefficient (Wildman–Crippen LogP) is 3.61. The summed E-state index contributed by atoms with van der Waals surface area (Å²) in [6, 6.07) is 8.28. The van der Waals surface area contributed by atoms with Crippen LogP contribution in [0.5, 0.6) is 0 Å². The Labute approximate surface area is 99.8 Å². The summed E-state index contributed by atoms with van der Waals surface area (Å²) in [6.07, 6.45) is 2.34. The number of aromatic nitrogens is 1. The van der Waals surface area contributed by atoms with Crippen LogP contribution in [0, 0.1) is 0 Å². The van der Waals surface area contributed by atoms with Gasteiger partial charge in [0, 0.05) is 18.0 Å². The minimum absolute atomic E-state index is 0.477. The third kappa shape index (κ3) is 2.77. The Morgan fingerprint density at radius 1 is 1.44 bits per heavy atom. The molecule has 1 N–H and O–H groups in total. The standard InChI is InChI=1S/C12H16N2OS/c1-3-6-9(2)14-16-12-13-10-7-4-5-8-11(10)15-12/h4-5,7-9,14H,3,6H2,1-2H3. The second kappa shape index (κ2) is 5.37. The van der Waals surface area contributed by atoms with Crippen molar-refractivity contribution >= 4 is 23.0 Å². The van der Waals surface area contributed by atoms with Gasteiger partial charge in [0.05, 0.1) is 0 Å². The largest absolute Gasteiger partial charge is 0.430 e. The van der Waals surface area contributed by atoms with Gasteiger partial charge >= 0.3 is 0 Å². The molecule has 16 heavy (non-hydrogen) atoms. The monoisotopic (exact) mass is 236 g/mol. The van der Waals surface area contributed by atoms with Crippen molar-refractivity contribution in [2.24, 2.45) is 0 Å². The lowest BCUT2D eigenvalue weighted by Gasteiger charge is -2.08. The molecule has 0 saturated carbocycles. The highest BCUT2D eigenvalue weighted by atomic mass is 32.2. The summed E-state index contributed by atoms with van der Waals surface area (Å²) in [6.45, 7) is 4.35. The van der Waals surface area contributed by atoms with Gasteiger partial charge in [0.15, 0.2) is 5.58 Å². The van der Waals surface area contributed by atoms with E-state index in [0.29, 0.717) is 11.3 Å². The van der Waals surface area contributed by atoms with Gasteiger partial charge in [-0.15, -0.1) is 0 Å². The summed E-state index contributed by atoms with van der Waals surface area (Å²) in [5, 5.41) is 0.684. The van der Waals surface area contributed by atoms with E-state index < -0.39 is 0 Å². The molecule has 0 bridgehead atoms. The Hall–Kier alpha value is -1.00. The molecule has 0 saturated heterocycles. The van der Waals surface area contributed by atoms with E-state index in [4.69, 9.17) is 4.42 Å². The molecule has 1 aromatic heterocycles. The molecule has 0 radical (unpaired) electrons. The van der Waals surface area contributed by atoms with Gasteiger partial charge in [-0.25, -0.2) is 4.98 Å². The van der Waals surface area contributed by atoms with Crippen molar-refractivity contribution in [1.82, 2.24) is 9.71 Å². The maximum absolute atomic E-state index is 5.59. The van der Waals surface area contributed by atoms with Gasteiger partial charge in [-0.2, -0.15) is 0 Å². The number of oxazole rings is 1. The lowest BCUT2D eigenvalue weighted by atomic mass is 10.2. The Bertz CT molecular complexity index is 422. The second-order valence-corrected chi connectivity index (χ2v) is 4.65. The van der Waals surface area contributed by atoms with Crippen LogP contribution in [0.4, 0.5) is 0 Å². The van der Waals surface area contributed by atoms with Crippen LogP contribution in [0.25, 0.3) is 11.1 Å². The fraction of sp³-hybridized carbons (Fsp3) is 0.417. The van der Waals surface area contributed by atoms with Crippen molar-refractivity contribution in [2.45, 2.75) is 38.0 Å². The summed E-state index contributed by atoms with van der Waals surface area (Å²) in [5.74, 6) is 0. The van der Waals surface area contributed by atoms with Gasteiger partial charge in [-0.05, 0) is 25.5 Å². The van der Waals surface area contributed by atoms with Crippen LogP contribution in [-0.2, 0) is 0 Å². The zero-order valence-corrected chi connectivity index (χ0v) is 10.4. The van der Waals surface area contributed by atoms with Gasteiger partial charge in [-0.1, -0.05) is 25.5 Å². The minimum Gasteiger partial charge on any atom is -0.430 e. The molecule has 86 valence electrons. The average Bonchev–Trinajstić information content (AvgIpc) is 2.69. The van der Waals surface area contributed by atoms with Crippen LogP contribution in [0.2, 0.25) is 0 Å². The highest BCUT2D eigenvalue weighted by molar-refractivity contribution is 7.97. The first kappa shape index (κ1) is 11.5. The van der Waals surface area contributed by atoms with E-state index in [1.165, 1.54) is 18.4 Å². The molecule has 0 aliphatic carbocycles. The molecule has 0 aliphatic rings. The SMILES string of the molecule is CCCC(C)NSc1nc2ccccc2o1. The summed E-state index contributed by atoms with van der Waals surface area (Å²) in [7, 11) is 0. The highest BCUT2D eigenvalue weighted by Crippen LogP contribution is 2.21. The molecule has 1 heterocycles. The number of hydrogen-bond acceptors (Lipinski definition) is 4. The molecular weight excluding hydrogens is 220 g/mol. The van der Waals surface area contributed by atoms with E-state index in [2.05, 4.69) is 23.6 Å². The summed E-state index contributed by atoms with van der Waals surface area (Å²) in [4.78, 5) is 4.38. The molecule has 0 fully saturated rings. The summed E-state index contributed by atoms with van der Waals surface area (Å²) < 4.78 is 8.91. The lowest BCUT2D eigenvalue weighted by molar-refractivity contribution is 0.485. The highest BCUT2D eigenvalue weighted by Gasteiger charge is 2.07. The fourth-order valence-electron chi connectivity index (χ4n) is 1.54. The van der Waals surface area contributed by atoms with Crippen molar-refractivity contribution < 1.29 is 4.42 Å². The quantitative estimate of drug-likeness (QED) is 0.805. The van der Waals surface area contributed by atoms with Crippen LogP contribution in [-0.4, -0.2) is 11.0 Å². The Kier molecular flexibility index (Phi) is 3.85. The predicted molar refractivity (Wildman–Crippen MR) is 67.4 cm³/mol. The molecule has 0 amide bonds. The molecule has 4 heteroatoms. The second-order valence-electron chi connectivity index (χ2n) is 3.86. The Morgan fingerprint density at radius 3 is 3.00 bits per heavy atom. The maximum Gasteiger partial charge on any atom is 0.272 e. The molecule has 0 aliphatic heterocycles.